The number of rotatable bonds is 3. The summed E-state index contributed by atoms with van der Waals surface area (Å²) < 4.78 is 80.9. The molecule has 10 heteroatoms. The normalized spacial score (nSPS) is 18.2. The zero-order chi connectivity index (χ0) is 26.8. The van der Waals surface area contributed by atoms with Gasteiger partial charge in [-0.05, 0) is 49.6 Å². The molecule has 3 heterocycles. The van der Waals surface area contributed by atoms with E-state index in [1.54, 1.807) is 23.1 Å². The highest BCUT2D eigenvalue weighted by Gasteiger charge is 2.47. The molecule has 0 atom stereocenters. The summed E-state index contributed by atoms with van der Waals surface area (Å²) in [6.45, 7) is 6.10. The van der Waals surface area contributed by atoms with Gasteiger partial charge in [-0.25, -0.2) is 0 Å². The number of carbonyl (C=O) groups excluding carboxylic acids is 1. The summed E-state index contributed by atoms with van der Waals surface area (Å²) in [5.74, 6) is -4.26. The molecule has 1 fully saturated rings. The average molecular weight is 520 g/mol. The predicted molar refractivity (Wildman–Crippen MR) is 126 cm³/mol. The van der Waals surface area contributed by atoms with Gasteiger partial charge in [0.15, 0.2) is 0 Å². The molecule has 0 spiro atoms. The lowest BCUT2D eigenvalue weighted by molar-refractivity contribution is -0.274. The van der Waals surface area contributed by atoms with Crippen molar-refractivity contribution in [2.24, 2.45) is 0 Å². The van der Waals surface area contributed by atoms with E-state index in [0.717, 1.165) is 12.1 Å². The largest absolute Gasteiger partial charge is 0.573 e. The number of alkyl halides is 5. The number of hydrogen-bond donors (Lipinski definition) is 0. The summed E-state index contributed by atoms with van der Waals surface area (Å²) >= 11 is 0. The minimum absolute atomic E-state index is 0.0615. The molecule has 2 aliphatic rings. The topological polar surface area (TPSA) is 43.7 Å². The second kappa shape index (κ2) is 8.58. The molecule has 0 bridgehead atoms. The molecule has 2 aliphatic heterocycles. The van der Waals surface area contributed by atoms with Gasteiger partial charge in [-0.1, -0.05) is 36.4 Å². The summed E-state index contributed by atoms with van der Waals surface area (Å²) in [7, 11) is 0. The van der Waals surface area contributed by atoms with Crippen molar-refractivity contribution in [2.45, 2.75) is 45.2 Å². The number of halogens is 5. The van der Waals surface area contributed by atoms with E-state index in [-0.39, 0.29) is 47.7 Å². The zero-order valence-electron chi connectivity index (χ0n) is 20.5. The Balaban J connectivity index is 1.69. The second-order valence-corrected chi connectivity index (χ2v) is 9.92. The second-order valence-electron chi connectivity index (χ2n) is 9.92. The maximum atomic E-state index is 15.9. The first-order valence-corrected chi connectivity index (χ1v) is 11.8. The third-order valence-corrected chi connectivity index (χ3v) is 6.78. The van der Waals surface area contributed by atoms with Gasteiger partial charge in [0.2, 0.25) is 0 Å². The molecule has 0 saturated carbocycles. The fourth-order valence-corrected chi connectivity index (χ4v) is 5.31. The number of carbonyl (C=O) groups is 1. The van der Waals surface area contributed by atoms with Crippen LogP contribution < -0.4 is 4.74 Å². The van der Waals surface area contributed by atoms with Crippen LogP contribution in [0.3, 0.4) is 0 Å². The molecule has 1 amide bonds. The highest BCUT2D eigenvalue weighted by Crippen LogP contribution is 2.48. The van der Waals surface area contributed by atoms with Crippen LogP contribution in [0.5, 0.6) is 5.75 Å². The van der Waals surface area contributed by atoms with Gasteiger partial charge in [0.1, 0.15) is 11.4 Å². The smallest absolute Gasteiger partial charge is 0.406 e. The van der Waals surface area contributed by atoms with Gasteiger partial charge < -0.3 is 18.9 Å². The lowest BCUT2D eigenvalue weighted by Crippen LogP contribution is -2.51. The Bertz CT molecular complexity index is 1360. The van der Waals surface area contributed by atoms with E-state index in [0.29, 0.717) is 17.7 Å². The first-order valence-electron chi connectivity index (χ1n) is 11.8. The van der Waals surface area contributed by atoms with Gasteiger partial charge in [0.25, 0.3) is 5.91 Å². The number of amides is 1. The molecule has 2 aromatic carbocycles. The number of nitrogens with zero attached hydrogens (tertiary/aromatic N) is 2. The van der Waals surface area contributed by atoms with E-state index < -0.39 is 29.5 Å². The summed E-state index contributed by atoms with van der Waals surface area (Å²) in [6, 6.07) is 11.1. The van der Waals surface area contributed by atoms with Crippen LogP contribution in [0.2, 0.25) is 0 Å². The first kappa shape index (κ1) is 25.3. The van der Waals surface area contributed by atoms with E-state index >= 15 is 8.78 Å². The summed E-state index contributed by atoms with van der Waals surface area (Å²) in [5, 5.41) is 0. The predicted octanol–water partition coefficient (Wildman–Crippen LogP) is 6.11. The van der Waals surface area contributed by atoms with Crippen LogP contribution in [0.15, 0.2) is 48.5 Å². The van der Waals surface area contributed by atoms with Crippen LogP contribution >= 0.6 is 0 Å². The van der Waals surface area contributed by atoms with Gasteiger partial charge in [0, 0.05) is 30.8 Å². The fraction of sp³-hybridized carbons (Fsp3) is 0.370. The molecule has 1 saturated heterocycles. The minimum atomic E-state index is -4.87. The molecule has 0 radical (unpaired) electrons. The molecular weight excluding hydrogens is 495 g/mol. The van der Waals surface area contributed by atoms with E-state index in [9.17, 15) is 18.0 Å². The van der Waals surface area contributed by atoms with E-state index in [4.69, 9.17) is 4.74 Å². The average Bonchev–Trinajstić information content (AvgIpc) is 3.10. The van der Waals surface area contributed by atoms with Crippen LogP contribution in [-0.4, -0.2) is 47.0 Å². The van der Waals surface area contributed by atoms with Gasteiger partial charge in [-0.2, -0.15) is 8.78 Å². The van der Waals surface area contributed by atoms with Gasteiger partial charge in [-0.15, -0.1) is 13.2 Å². The Morgan fingerprint density at radius 2 is 1.73 bits per heavy atom. The van der Waals surface area contributed by atoms with Crippen molar-refractivity contribution in [3.8, 4) is 16.9 Å². The van der Waals surface area contributed by atoms with Crippen LogP contribution in [0.25, 0.3) is 11.1 Å². The number of morpholine rings is 1. The molecule has 0 aliphatic carbocycles. The van der Waals surface area contributed by atoms with E-state index in [2.05, 4.69) is 4.74 Å². The standard InChI is InChI=1S/C27H25F5N2O3/c1-16-21(17-8-10-19(11-9-17)37-27(30,31)32)22(24(35)33-12-13-36-25(2,3)15-33)34-14-18-6-4-5-7-20(18)26(28,29)23(16)34/h4-11H,12-15H2,1-3H3. The maximum absolute atomic E-state index is 15.9. The Labute approximate surface area is 210 Å². The van der Waals surface area contributed by atoms with Crippen LogP contribution in [0, 0.1) is 6.92 Å². The highest BCUT2D eigenvalue weighted by molar-refractivity contribution is 6.01. The third kappa shape index (κ3) is 4.47. The first-order chi connectivity index (χ1) is 17.3. The maximum Gasteiger partial charge on any atom is 0.573 e. The molecule has 5 nitrogen and oxygen atoms in total. The van der Waals surface area contributed by atoms with E-state index in [1.807, 2.05) is 13.8 Å². The van der Waals surface area contributed by atoms with Gasteiger partial charge in [0.05, 0.1) is 17.9 Å². The number of fused-ring (bicyclic) bond motifs is 2. The van der Waals surface area contributed by atoms with Crippen molar-refractivity contribution < 1.29 is 36.2 Å². The zero-order valence-corrected chi connectivity index (χ0v) is 20.5. The summed E-state index contributed by atoms with van der Waals surface area (Å²) in [4.78, 5) is 15.6. The molecule has 0 N–H and O–H groups in total. The van der Waals surface area contributed by atoms with Crippen LogP contribution in [0.4, 0.5) is 22.0 Å². The Morgan fingerprint density at radius 3 is 2.38 bits per heavy atom. The molecule has 37 heavy (non-hydrogen) atoms. The molecule has 5 rings (SSSR count). The van der Waals surface area contributed by atoms with E-state index in [1.165, 1.54) is 29.7 Å². The van der Waals surface area contributed by atoms with Crippen LogP contribution in [-0.2, 0) is 17.2 Å². The molecule has 1 aromatic heterocycles. The number of aromatic nitrogens is 1. The molecular formula is C27H25F5N2O3. The number of ether oxygens (including phenoxy) is 2. The molecule has 0 unspecified atom stereocenters. The Kier molecular flexibility index (Phi) is 5.86. The molecule has 196 valence electrons. The quantitative estimate of drug-likeness (QED) is 0.391. The van der Waals surface area contributed by atoms with Crippen molar-refractivity contribution in [1.82, 2.24) is 9.47 Å². The minimum Gasteiger partial charge on any atom is -0.406 e. The van der Waals surface area contributed by atoms with Crippen molar-refractivity contribution >= 4 is 5.91 Å². The molecule has 3 aromatic rings. The lowest BCUT2D eigenvalue weighted by Gasteiger charge is -2.38. The number of benzene rings is 2. The monoisotopic (exact) mass is 520 g/mol. The van der Waals surface area contributed by atoms with Crippen LogP contribution in [0.1, 0.15) is 46.7 Å². The van der Waals surface area contributed by atoms with Crippen molar-refractivity contribution in [3.05, 3.63) is 76.6 Å². The Morgan fingerprint density at radius 1 is 1.05 bits per heavy atom. The van der Waals surface area contributed by atoms with Crippen molar-refractivity contribution in [1.29, 1.82) is 0 Å². The fourth-order valence-electron chi connectivity index (χ4n) is 5.31. The highest BCUT2D eigenvalue weighted by atomic mass is 19.4. The lowest BCUT2D eigenvalue weighted by atomic mass is 9.93. The third-order valence-electron chi connectivity index (χ3n) is 6.78. The van der Waals surface area contributed by atoms with Gasteiger partial charge in [-0.3, -0.25) is 4.79 Å². The number of hydrogen-bond acceptors (Lipinski definition) is 3. The summed E-state index contributed by atoms with van der Waals surface area (Å²) in [5.41, 5.74) is 0.214. The van der Waals surface area contributed by atoms with Crippen molar-refractivity contribution in [2.75, 3.05) is 19.7 Å². The summed E-state index contributed by atoms with van der Waals surface area (Å²) in [6.07, 6.45) is -4.87. The SMILES string of the molecule is Cc1c(-c2ccc(OC(F)(F)F)cc2)c(C(=O)N2CCOC(C)(C)C2)n2c1C(F)(F)c1ccccc1C2. The van der Waals surface area contributed by atoms with Gasteiger partial charge >= 0.3 is 12.3 Å². The van der Waals surface area contributed by atoms with Crippen molar-refractivity contribution in [3.63, 3.8) is 0 Å². The Hall–Kier alpha value is -3.40.